The van der Waals surface area contributed by atoms with Crippen molar-refractivity contribution in [2.45, 2.75) is 40.7 Å². The molecule has 0 spiro atoms. The number of aromatic amines is 1. The van der Waals surface area contributed by atoms with E-state index in [0.29, 0.717) is 55.2 Å². The first-order valence-corrected chi connectivity index (χ1v) is 11.3. The van der Waals surface area contributed by atoms with Gasteiger partial charge in [0.25, 0.3) is 0 Å². The molecule has 0 bridgehead atoms. The second kappa shape index (κ2) is 10.3. The number of hydrogen-bond donors (Lipinski definition) is 2. The van der Waals surface area contributed by atoms with Crippen LogP contribution in [0.2, 0.25) is 0 Å². The van der Waals surface area contributed by atoms with Gasteiger partial charge in [0.05, 0.1) is 31.0 Å². The Balaban J connectivity index is 1.57. The number of para-hydroxylation sites is 1. The molecule has 3 rings (SSSR count). The van der Waals surface area contributed by atoms with Gasteiger partial charge in [0, 0.05) is 37.6 Å². The first-order chi connectivity index (χ1) is 15.6. The minimum absolute atomic E-state index is 0.0298. The van der Waals surface area contributed by atoms with Gasteiger partial charge < -0.3 is 15.0 Å². The molecule has 1 aliphatic heterocycles. The number of anilines is 1. The Bertz CT molecular complexity index is 1030. The molecule has 0 radical (unpaired) electrons. The zero-order chi connectivity index (χ0) is 24.3. The molecular formula is C25H34N4O4. The number of Topliss-reactive ketones (excluding diaryl/α,β-unsaturated/α-hetero) is 1. The van der Waals surface area contributed by atoms with Crippen molar-refractivity contribution >= 4 is 23.3 Å². The van der Waals surface area contributed by atoms with Gasteiger partial charge in [-0.05, 0) is 51.3 Å². The van der Waals surface area contributed by atoms with Crippen LogP contribution in [0.15, 0.2) is 18.2 Å². The minimum atomic E-state index is -0.444. The van der Waals surface area contributed by atoms with Gasteiger partial charge in [-0.2, -0.15) is 0 Å². The molecule has 1 atom stereocenters. The number of carbonyl (C=O) groups is 3. The highest BCUT2D eigenvalue weighted by molar-refractivity contribution is 6.03. The number of ketones is 1. The average molecular weight is 455 g/mol. The van der Waals surface area contributed by atoms with Crippen LogP contribution in [0.25, 0.3) is 0 Å². The van der Waals surface area contributed by atoms with E-state index in [1.807, 2.05) is 39.0 Å². The lowest BCUT2D eigenvalue weighted by atomic mass is 10.0. The normalized spacial score (nSPS) is 15.8. The first kappa shape index (κ1) is 24.7. The largest absolute Gasteiger partial charge is 0.465 e. The van der Waals surface area contributed by atoms with Gasteiger partial charge in [0.1, 0.15) is 0 Å². The van der Waals surface area contributed by atoms with Crippen LogP contribution in [0.3, 0.4) is 0 Å². The number of benzene rings is 1. The monoisotopic (exact) mass is 454 g/mol. The summed E-state index contributed by atoms with van der Waals surface area (Å²) >= 11 is 0. The number of esters is 1. The molecule has 1 aliphatic rings. The third-order valence-electron chi connectivity index (χ3n) is 6.52. The molecule has 1 aromatic heterocycles. The topological polar surface area (TPSA) is 94.7 Å². The molecule has 1 saturated heterocycles. The maximum atomic E-state index is 13.2. The molecule has 8 heteroatoms. The van der Waals surface area contributed by atoms with E-state index in [-0.39, 0.29) is 17.7 Å². The van der Waals surface area contributed by atoms with Crippen LogP contribution in [0.5, 0.6) is 0 Å². The lowest BCUT2D eigenvalue weighted by molar-refractivity contribution is -0.117. The fraction of sp³-hybridized carbons (Fsp3) is 0.480. The number of carbonyl (C=O) groups excluding carboxylic acids is 3. The Morgan fingerprint density at radius 3 is 2.24 bits per heavy atom. The number of piperazine rings is 1. The molecule has 8 nitrogen and oxygen atoms in total. The number of amides is 1. The second-order valence-electron chi connectivity index (χ2n) is 8.78. The maximum absolute atomic E-state index is 13.2. The van der Waals surface area contributed by atoms with Crippen molar-refractivity contribution in [3.8, 4) is 0 Å². The summed E-state index contributed by atoms with van der Waals surface area (Å²) in [5, 5.41) is 3.04. The van der Waals surface area contributed by atoms with Crippen LogP contribution in [-0.4, -0.2) is 78.3 Å². The number of nitrogens with zero attached hydrogens (tertiary/aromatic N) is 2. The van der Waals surface area contributed by atoms with E-state index in [9.17, 15) is 14.4 Å². The van der Waals surface area contributed by atoms with Gasteiger partial charge in [-0.15, -0.1) is 0 Å². The lowest BCUT2D eigenvalue weighted by Crippen LogP contribution is -2.53. The van der Waals surface area contributed by atoms with Crippen LogP contribution >= 0.6 is 0 Å². The van der Waals surface area contributed by atoms with Crippen molar-refractivity contribution in [2.24, 2.45) is 0 Å². The fourth-order valence-electron chi connectivity index (χ4n) is 4.48. The number of hydrogen-bond acceptors (Lipinski definition) is 6. The standard InChI is InChI=1S/C25H34N4O4/c1-15-8-7-9-16(2)22(15)27-20(30)14-28-10-12-29(13-11-28)19(5)24(31)23-17(3)21(18(4)26-23)25(32)33-6/h7-9,19,26H,10-14H2,1-6H3,(H,27,30). The fourth-order valence-corrected chi connectivity index (χ4v) is 4.48. The van der Waals surface area contributed by atoms with E-state index in [1.54, 1.807) is 13.8 Å². The van der Waals surface area contributed by atoms with Crippen molar-refractivity contribution in [1.29, 1.82) is 0 Å². The van der Waals surface area contributed by atoms with Crippen LogP contribution in [0.1, 0.15) is 50.2 Å². The summed E-state index contributed by atoms with van der Waals surface area (Å²) < 4.78 is 4.84. The molecule has 0 aliphatic carbocycles. The molecule has 33 heavy (non-hydrogen) atoms. The smallest absolute Gasteiger partial charge is 0.339 e. The predicted molar refractivity (Wildman–Crippen MR) is 128 cm³/mol. The van der Waals surface area contributed by atoms with Crippen molar-refractivity contribution in [2.75, 3.05) is 45.2 Å². The lowest BCUT2D eigenvalue weighted by Gasteiger charge is -2.37. The van der Waals surface area contributed by atoms with Crippen molar-refractivity contribution in [3.63, 3.8) is 0 Å². The summed E-state index contributed by atoms with van der Waals surface area (Å²) in [6, 6.07) is 5.62. The quantitative estimate of drug-likeness (QED) is 0.494. The van der Waals surface area contributed by atoms with Crippen LogP contribution < -0.4 is 5.32 Å². The van der Waals surface area contributed by atoms with E-state index in [4.69, 9.17) is 4.74 Å². The van der Waals surface area contributed by atoms with Crippen molar-refractivity contribution < 1.29 is 19.1 Å². The van der Waals surface area contributed by atoms with Gasteiger partial charge in [-0.25, -0.2) is 4.79 Å². The second-order valence-corrected chi connectivity index (χ2v) is 8.78. The summed E-state index contributed by atoms with van der Waals surface area (Å²) in [6.45, 7) is 12.5. The Labute approximate surface area is 195 Å². The Morgan fingerprint density at radius 1 is 1.06 bits per heavy atom. The number of methoxy groups -OCH3 is 1. The number of nitrogens with one attached hydrogen (secondary N) is 2. The van der Waals surface area contributed by atoms with E-state index in [0.717, 1.165) is 16.8 Å². The Kier molecular flexibility index (Phi) is 7.71. The molecule has 1 fully saturated rings. The van der Waals surface area contributed by atoms with Gasteiger partial charge in [0.2, 0.25) is 5.91 Å². The van der Waals surface area contributed by atoms with Gasteiger partial charge >= 0.3 is 5.97 Å². The third kappa shape index (κ3) is 5.34. The Morgan fingerprint density at radius 2 is 1.67 bits per heavy atom. The first-order valence-electron chi connectivity index (χ1n) is 11.3. The average Bonchev–Trinajstić information content (AvgIpc) is 3.09. The molecule has 0 saturated carbocycles. The zero-order valence-corrected chi connectivity index (χ0v) is 20.4. The predicted octanol–water partition coefficient (Wildman–Crippen LogP) is 2.86. The molecule has 2 heterocycles. The van der Waals surface area contributed by atoms with E-state index in [1.165, 1.54) is 7.11 Å². The van der Waals surface area contributed by atoms with Crippen molar-refractivity contribution in [3.05, 3.63) is 51.8 Å². The highest BCUT2D eigenvalue weighted by Crippen LogP contribution is 2.22. The van der Waals surface area contributed by atoms with Gasteiger partial charge in [-0.1, -0.05) is 18.2 Å². The molecule has 2 N–H and O–H groups in total. The molecule has 178 valence electrons. The SMILES string of the molecule is COC(=O)c1c(C)[nH]c(C(=O)C(C)N2CCN(CC(=O)Nc3c(C)cccc3C)CC2)c1C. The number of ether oxygens (including phenoxy) is 1. The summed E-state index contributed by atoms with van der Waals surface area (Å²) in [5.74, 6) is -0.523. The van der Waals surface area contributed by atoms with Crippen LogP contribution in [0, 0.1) is 27.7 Å². The molecule has 1 aromatic carbocycles. The molecular weight excluding hydrogens is 420 g/mol. The highest BCUT2D eigenvalue weighted by Gasteiger charge is 2.30. The van der Waals surface area contributed by atoms with E-state index in [2.05, 4.69) is 20.1 Å². The van der Waals surface area contributed by atoms with Crippen molar-refractivity contribution in [1.82, 2.24) is 14.8 Å². The molecule has 1 amide bonds. The highest BCUT2D eigenvalue weighted by atomic mass is 16.5. The number of H-pyrrole nitrogens is 1. The molecule has 2 aromatic rings. The number of rotatable bonds is 7. The Hall–Kier alpha value is -2.97. The van der Waals surface area contributed by atoms with Gasteiger partial charge in [-0.3, -0.25) is 19.4 Å². The summed E-state index contributed by atoms with van der Waals surface area (Å²) in [7, 11) is 1.33. The third-order valence-corrected chi connectivity index (χ3v) is 6.52. The van der Waals surface area contributed by atoms with Crippen LogP contribution in [-0.2, 0) is 9.53 Å². The molecule has 1 unspecified atom stereocenters. The van der Waals surface area contributed by atoms with E-state index >= 15 is 0 Å². The summed E-state index contributed by atoms with van der Waals surface area (Å²) in [4.78, 5) is 45.1. The number of aromatic nitrogens is 1. The summed E-state index contributed by atoms with van der Waals surface area (Å²) in [6.07, 6.45) is 0. The summed E-state index contributed by atoms with van der Waals surface area (Å²) in [5.41, 5.74) is 5.11. The maximum Gasteiger partial charge on any atom is 0.339 e. The van der Waals surface area contributed by atoms with Gasteiger partial charge in [0.15, 0.2) is 5.78 Å². The van der Waals surface area contributed by atoms with E-state index < -0.39 is 5.97 Å². The number of aryl methyl sites for hydroxylation is 3. The van der Waals surface area contributed by atoms with Crippen LogP contribution in [0.4, 0.5) is 5.69 Å². The zero-order valence-electron chi connectivity index (χ0n) is 20.4. The minimum Gasteiger partial charge on any atom is -0.465 e.